The van der Waals surface area contributed by atoms with Crippen molar-refractivity contribution in [1.29, 1.82) is 0 Å². The highest BCUT2D eigenvalue weighted by molar-refractivity contribution is 5.92. The lowest BCUT2D eigenvalue weighted by Crippen LogP contribution is -2.48. The Balaban J connectivity index is 1.60. The minimum atomic E-state index is -0.776. The molecule has 1 atom stereocenters. The Morgan fingerprint density at radius 3 is 2.31 bits per heavy atom. The summed E-state index contributed by atoms with van der Waals surface area (Å²) in [5.74, 6) is 0.115. The number of nitrogens with two attached hydrogens (primary N) is 2. The summed E-state index contributed by atoms with van der Waals surface area (Å²) < 4.78 is 24.1. The summed E-state index contributed by atoms with van der Waals surface area (Å²) in [6, 6.07) is 14.0. The number of morpholine rings is 1. The molecule has 2 heterocycles. The Kier molecular flexibility index (Phi) is 5.95. The van der Waals surface area contributed by atoms with E-state index < -0.39 is 17.9 Å². The molecule has 0 spiro atoms. The van der Waals surface area contributed by atoms with Crippen LogP contribution in [0.4, 0.5) is 10.2 Å². The number of primary amides is 2. The van der Waals surface area contributed by atoms with Crippen LogP contribution in [0.3, 0.4) is 0 Å². The van der Waals surface area contributed by atoms with E-state index in [1.807, 2.05) is 0 Å². The normalized spacial score (nSPS) is 15.9. The van der Waals surface area contributed by atoms with Crippen molar-refractivity contribution in [3.63, 3.8) is 0 Å². The lowest BCUT2D eigenvalue weighted by molar-refractivity contribution is -0.130. The van der Waals surface area contributed by atoms with Crippen molar-refractivity contribution in [2.75, 3.05) is 24.6 Å². The number of carbonyl (C=O) groups excluding carboxylic acids is 2. The summed E-state index contributed by atoms with van der Waals surface area (Å²) in [7, 11) is 0. The van der Waals surface area contributed by atoms with Gasteiger partial charge in [-0.05, 0) is 48.5 Å². The zero-order valence-corrected chi connectivity index (χ0v) is 16.9. The Morgan fingerprint density at radius 2 is 1.69 bits per heavy atom. The molecule has 164 valence electrons. The van der Waals surface area contributed by atoms with Gasteiger partial charge in [0.15, 0.2) is 11.9 Å². The Hall–Kier alpha value is -4.05. The first kappa shape index (κ1) is 21.2. The zero-order valence-electron chi connectivity index (χ0n) is 16.9. The molecule has 3 aromatic rings. The fourth-order valence-corrected chi connectivity index (χ4v) is 3.19. The van der Waals surface area contributed by atoms with Crippen LogP contribution in [-0.4, -0.2) is 47.6 Å². The number of ether oxygens (including phenoxy) is 2. The molecule has 32 heavy (non-hydrogen) atoms. The van der Waals surface area contributed by atoms with Crippen LogP contribution >= 0.6 is 0 Å². The van der Waals surface area contributed by atoms with Gasteiger partial charge in [0.25, 0.3) is 5.91 Å². The van der Waals surface area contributed by atoms with Crippen LogP contribution in [0.25, 0.3) is 11.4 Å². The average Bonchev–Trinajstić information content (AvgIpc) is 2.81. The molecule has 9 nitrogen and oxygen atoms in total. The van der Waals surface area contributed by atoms with Gasteiger partial charge < -0.3 is 25.8 Å². The third kappa shape index (κ3) is 4.81. The first-order chi connectivity index (χ1) is 15.4. The molecule has 1 aliphatic rings. The molecule has 0 radical (unpaired) electrons. The molecule has 10 heteroatoms. The van der Waals surface area contributed by atoms with Gasteiger partial charge in [-0.3, -0.25) is 9.59 Å². The third-order valence-electron chi connectivity index (χ3n) is 4.83. The topological polar surface area (TPSA) is 134 Å². The van der Waals surface area contributed by atoms with Crippen molar-refractivity contribution in [3.8, 4) is 22.9 Å². The number of amides is 2. The van der Waals surface area contributed by atoms with E-state index in [4.69, 9.17) is 20.9 Å². The van der Waals surface area contributed by atoms with E-state index in [9.17, 15) is 14.0 Å². The van der Waals surface area contributed by atoms with Crippen molar-refractivity contribution in [2.45, 2.75) is 6.10 Å². The van der Waals surface area contributed by atoms with Crippen molar-refractivity contribution < 1.29 is 23.5 Å². The van der Waals surface area contributed by atoms with Crippen LogP contribution < -0.4 is 21.1 Å². The highest BCUT2D eigenvalue weighted by atomic mass is 19.1. The van der Waals surface area contributed by atoms with Gasteiger partial charge in [0.2, 0.25) is 5.91 Å². The molecule has 1 fully saturated rings. The highest BCUT2D eigenvalue weighted by Gasteiger charge is 2.26. The molecule has 1 unspecified atom stereocenters. The quantitative estimate of drug-likeness (QED) is 0.601. The number of rotatable bonds is 6. The Morgan fingerprint density at radius 1 is 1.03 bits per heavy atom. The van der Waals surface area contributed by atoms with E-state index in [2.05, 4.69) is 9.97 Å². The number of carbonyl (C=O) groups is 2. The largest absolute Gasteiger partial charge is 0.457 e. The SMILES string of the molecule is NC(=O)c1cc(N2CCOC(C(N)=O)C2)nc(-c2ccc(Oc3ccc(F)cc3)cc2)n1. The van der Waals surface area contributed by atoms with E-state index in [0.29, 0.717) is 29.4 Å². The third-order valence-corrected chi connectivity index (χ3v) is 4.83. The second-order valence-electron chi connectivity index (χ2n) is 7.09. The molecule has 0 saturated carbocycles. The van der Waals surface area contributed by atoms with E-state index >= 15 is 0 Å². The van der Waals surface area contributed by atoms with Crippen molar-refractivity contribution in [1.82, 2.24) is 9.97 Å². The number of aromatic nitrogens is 2. The lowest BCUT2D eigenvalue weighted by atomic mass is 10.2. The summed E-state index contributed by atoms with van der Waals surface area (Å²) in [6.45, 7) is 0.950. The van der Waals surface area contributed by atoms with Crippen LogP contribution in [0, 0.1) is 5.82 Å². The van der Waals surface area contributed by atoms with Gasteiger partial charge >= 0.3 is 0 Å². The van der Waals surface area contributed by atoms with Gasteiger partial charge in [-0.15, -0.1) is 0 Å². The van der Waals surface area contributed by atoms with Gasteiger partial charge in [0.05, 0.1) is 13.2 Å². The molecule has 2 amide bonds. The fourth-order valence-electron chi connectivity index (χ4n) is 3.19. The minimum Gasteiger partial charge on any atom is -0.457 e. The molecular weight excluding hydrogens is 417 g/mol. The van der Waals surface area contributed by atoms with Crippen molar-refractivity contribution in [3.05, 3.63) is 66.1 Å². The van der Waals surface area contributed by atoms with Gasteiger partial charge in [0, 0.05) is 18.2 Å². The number of anilines is 1. The molecule has 1 aromatic heterocycles. The maximum absolute atomic E-state index is 13.0. The van der Waals surface area contributed by atoms with E-state index in [1.54, 1.807) is 29.2 Å². The molecule has 0 bridgehead atoms. The predicted octanol–water partition coefficient (Wildman–Crippen LogP) is 1.86. The van der Waals surface area contributed by atoms with E-state index in [1.165, 1.54) is 30.3 Å². The molecule has 2 aromatic carbocycles. The van der Waals surface area contributed by atoms with Crippen LogP contribution in [0.1, 0.15) is 10.5 Å². The summed E-state index contributed by atoms with van der Waals surface area (Å²) in [5, 5.41) is 0. The average molecular weight is 437 g/mol. The molecule has 1 aliphatic heterocycles. The van der Waals surface area contributed by atoms with Gasteiger partial charge in [0.1, 0.15) is 28.8 Å². The highest BCUT2D eigenvalue weighted by Crippen LogP contribution is 2.26. The first-order valence-corrected chi connectivity index (χ1v) is 9.77. The predicted molar refractivity (Wildman–Crippen MR) is 114 cm³/mol. The number of hydrogen-bond acceptors (Lipinski definition) is 7. The summed E-state index contributed by atoms with van der Waals surface area (Å²) >= 11 is 0. The fraction of sp³-hybridized carbons (Fsp3) is 0.182. The number of benzene rings is 2. The van der Waals surface area contributed by atoms with Gasteiger partial charge in [-0.25, -0.2) is 14.4 Å². The lowest BCUT2D eigenvalue weighted by Gasteiger charge is -2.32. The molecule has 1 saturated heterocycles. The molecular formula is C22H20FN5O4. The smallest absolute Gasteiger partial charge is 0.267 e. The monoisotopic (exact) mass is 437 g/mol. The Labute approximate surface area is 182 Å². The van der Waals surface area contributed by atoms with Gasteiger partial charge in [-0.1, -0.05) is 0 Å². The molecule has 4 rings (SSSR count). The maximum atomic E-state index is 13.0. The van der Waals surface area contributed by atoms with E-state index in [0.717, 1.165) is 0 Å². The van der Waals surface area contributed by atoms with Gasteiger partial charge in [-0.2, -0.15) is 0 Å². The number of halogens is 1. The summed E-state index contributed by atoms with van der Waals surface area (Å²) in [6.07, 6.45) is -0.776. The minimum absolute atomic E-state index is 0.0405. The summed E-state index contributed by atoms with van der Waals surface area (Å²) in [4.78, 5) is 33.9. The summed E-state index contributed by atoms with van der Waals surface area (Å²) in [5.41, 5.74) is 11.5. The zero-order chi connectivity index (χ0) is 22.7. The maximum Gasteiger partial charge on any atom is 0.267 e. The Bertz CT molecular complexity index is 1140. The van der Waals surface area contributed by atoms with Crippen molar-refractivity contribution in [2.24, 2.45) is 11.5 Å². The standard InChI is InChI=1S/C22H20FN5O4/c23-14-3-7-16(8-4-14)32-15-5-1-13(2-6-15)22-26-17(20(24)29)11-19(27-22)28-9-10-31-18(12-28)21(25)30/h1-8,11,18H,9-10,12H2,(H2,24,29)(H2,25,30). The second-order valence-corrected chi connectivity index (χ2v) is 7.09. The number of hydrogen-bond donors (Lipinski definition) is 2. The van der Waals surface area contributed by atoms with E-state index in [-0.39, 0.29) is 30.5 Å². The first-order valence-electron chi connectivity index (χ1n) is 9.77. The number of nitrogens with zero attached hydrogens (tertiary/aromatic N) is 3. The molecule has 4 N–H and O–H groups in total. The van der Waals surface area contributed by atoms with Crippen LogP contribution in [0.2, 0.25) is 0 Å². The molecule has 0 aliphatic carbocycles. The van der Waals surface area contributed by atoms with Crippen LogP contribution in [0.15, 0.2) is 54.6 Å². The second kappa shape index (κ2) is 8.98. The van der Waals surface area contributed by atoms with Crippen LogP contribution in [-0.2, 0) is 9.53 Å². The van der Waals surface area contributed by atoms with Crippen LogP contribution in [0.5, 0.6) is 11.5 Å². The van der Waals surface area contributed by atoms with Crippen molar-refractivity contribution >= 4 is 17.6 Å².